The smallest absolute Gasteiger partial charge is 0.355 e. The standard InChI is InChI=1S/C18H17BrN2O3/c1-3-8-24-13-6-4-12(5-7-13)16-17(18(22)23)21-10-14(19)11(2)9-15(21)20-16/h4-7,9-10H,3,8H2,1-2H3,(H,22,23). The van der Waals surface area contributed by atoms with Gasteiger partial charge in [-0.1, -0.05) is 6.92 Å². The number of carboxylic acid groups (broad SMARTS) is 1. The van der Waals surface area contributed by atoms with Crippen molar-refractivity contribution in [1.82, 2.24) is 9.38 Å². The number of carbonyl (C=O) groups is 1. The first-order valence-electron chi connectivity index (χ1n) is 7.66. The molecule has 24 heavy (non-hydrogen) atoms. The fourth-order valence-electron chi connectivity index (χ4n) is 2.49. The summed E-state index contributed by atoms with van der Waals surface area (Å²) in [4.78, 5) is 16.3. The highest BCUT2D eigenvalue weighted by molar-refractivity contribution is 9.10. The highest BCUT2D eigenvalue weighted by Crippen LogP contribution is 2.28. The lowest BCUT2D eigenvalue weighted by Crippen LogP contribution is -2.04. The first-order chi connectivity index (χ1) is 11.5. The number of carboxylic acids is 1. The second-order valence-electron chi connectivity index (χ2n) is 5.52. The number of aryl methyl sites for hydroxylation is 1. The van der Waals surface area contributed by atoms with Gasteiger partial charge in [-0.2, -0.15) is 0 Å². The topological polar surface area (TPSA) is 63.8 Å². The molecular formula is C18H17BrN2O3. The minimum absolute atomic E-state index is 0.146. The maximum Gasteiger partial charge on any atom is 0.355 e. The van der Waals surface area contributed by atoms with Gasteiger partial charge in [0.15, 0.2) is 5.69 Å². The number of rotatable bonds is 5. The van der Waals surface area contributed by atoms with Gasteiger partial charge in [-0.05, 0) is 65.2 Å². The van der Waals surface area contributed by atoms with Crippen LogP contribution < -0.4 is 4.74 Å². The Morgan fingerprint density at radius 1 is 1.33 bits per heavy atom. The van der Waals surface area contributed by atoms with Gasteiger partial charge in [0.05, 0.1) is 6.61 Å². The van der Waals surface area contributed by atoms with E-state index in [1.54, 1.807) is 10.6 Å². The van der Waals surface area contributed by atoms with Crippen LogP contribution in [0.15, 0.2) is 41.0 Å². The number of hydrogen-bond donors (Lipinski definition) is 1. The molecule has 5 nitrogen and oxygen atoms in total. The van der Waals surface area contributed by atoms with Crippen molar-refractivity contribution in [3.8, 4) is 17.0 Å². The van der Waals surface area contributed by atoms with Crippen LogP contribution in [0.2, 0.25) is 0 Å². The molecular weight excluding hydrogens is 372 g/mol. The fourth-order valence-corrected chi connectivity index (χ4v) is 2.81. The van der Waals surface area contributed by atoms with Crippen molar-refractivity contribution in [2.75, 3.05) is 6.61 Å². The van der Waals surface area contributed by atoms with Crippen LogP contribution in [0, 0.1) is 6.92 Å². The fraction of sp³-hybridized carbons (Fsp3) is 0.222. The molecule has 0 fully saturated rings. The summed E-state index contributed by atoms with van der Waals surface area (Å²) in [5, 5.41) is 9.64. The van der Waals surface area contributed by atoms with E-state index in [1.165, 1.54) is 0 Å². The predicted octanol–water partition coefficient (Wildman–Crippen LogP) is 4.56. The summed E-state index contributed by atoms with van der Waals surface area (Å²) in [6.45, 7) is 4.64. The Morgan fingerprint density at radius 2 is 2.04 bits per heavy atom. The lowest BCUT2D eigenvalue weighted by atomic mass is 10.1. The first kappa shape index (κ1) is 16.5. The van der Waals surface area contributed by atoms with Crippen molar-refractivity contribution in [2.45, 2.75) is 20.3 Å². The van der Waals surface area contributed by atoms with Gasteiger partial charge in [-0.25, -0.2) is 9.78 Å². The van der Waals surface area contributed by atoms with Crippen LogP contribution in [0.1, 0.15) is 29.4 Å². The molecule has 0 amide bonds. The molecule has 0 aliphatic rings. The van der Waals surface area contributed by atoms with E-state index in [0.717, 1.165) is 27.8 Å². The zero-order chi connectivity index (χ0) is 17.3. The molecule has 124 valence electrons. The van der Waals surface area contributed by atoms with Gasteiger partial charge < -0.3 is 9.84 Å². The molecule has 1 aromatic carbocycles. The van der Waals surface area contributed by atoms with Crippen molar-refractivity contribution in [2.24, 2.45) is 0 Å². The average Bonchev–Trinajstić information content (AvgIpc) is 2.92. The summed E-state index contributed by atoms with van der Waals surface area (Å²) in [7, 11) is 0. The third kappa shape index (κ3) is 3.01. The van der Waals surface area contributed by atoms with Crippen LogP contribution in [0.4, 0.5) is 0 Å². The Labute approximate surface area is 148 Å². The number of benzene rings is 1. The maximum atomic E-state index is 11.8. The van der Waals surface area contributed by atoms with Gasteiger partial charge in [-0.15, -0.1) is 0 Å². The summed E-state index contributed by atoms with van der Waals surface area (Å²) in [5.41, 5.74) is 2.94. The molecule has 3 rings (SSSR count). The lowest BCUT2D eigenvalue weighted by molar-refractivity contribution is 0.0690. The molecule has 2 aromatic heterocycles. The van der Waals surface area contributed by atoms with Crippen LogP contribution in [0.5, 0.6) is 5.75 Å². The van der Waals surface area contributed by atoms with Crippen molar-refractivity contribution < 1.29 is 14.6 Å². The summed E-state index contributed by atoms with van der Waals surface area (Å²) < 4.78 is 8.00. The summed E-state index contributed by atoms with van der Waals surface area (Å²) in [5.74, 6) is -0.251. The number of fused-ring (bicyclic) bond motifs is 1. The monoisotopic (exact) mass is 388 g/mol. The summed E-state index contributed by atoms with van der Waals surface area (Å²) >= 11 is 3.44. The van der Waals surface area contributed by atoms with E-state index in [1.807, 2.05) is 44.2 Å². The number of aromatic nitrogens is 2. The Balaban J connectivity index is 2.11. The third-order valence-corrected chi connectivity index (χ3v) is 4.54. The van der Waals surface area contributed by atoms with E-state index in [0.29, 0.717) is 17.9 Å². The summed E-state index contributed by atoms with van der Waals surface area (Å²) in [6, 6.07) is 9.20. The number of nitrogens with zero attached hydrogens (tertiary/aromatic N) is 2. The van der Waals surface area contributed by atoms with Gasteiger partial charge >= 0.3 is 5.97 Å². The van der Waals surface area contributed by atoms with Crippen LogP contribution in [0.25, 0.3) is 16.9 Å². The van der Waals surface area contributed by atoms with E-state index in [4.69, 9.17) is 4.74 Å². The van der Waals surface area contributed by atoms with Gasteiger partial charge in [0.2, 0.25) is 0 Å². The van der Waals surface area contributed by atoms with Crippen LogP contribution in [-0.4, -0.2) is 27.1 Å². The van der Waals surface area contributed by atoms with Crippen molar-refractivity contribution >= 4 is 27.5 Å². The molecule has 3 aromatic rings. The molecule has 0 radical (unpaired) electrons. The Kier molecular flexibility index (Phi) is 4.57. The van der Waals surface area contributed by atoms with Crippen LogP contribution >= 0.6 is 15.9 Å². The Hall–Kier alpha value is -2.34. The van der Waals surface area contributed by atoms with E-state index in [9.17, 15) is 9.90 Å². The molecule has 0 bridgehead atoms. The van der Waals surface area contributed by atoms with Crippen LogP contribution in [0.3, 0.4) is 0 Å². The van der Waals surface area contributed by atoms with E-state index < -0.39 is 5.97 Å². The first-order valence-corrected chi connectivity index (χ1v) is 8.45. The number of imidazole rings is 1. The van der Waals surface area contributed by atoms with Crippen molar-refractivity contribution in [3.63, 3.8) is 0 Å². The van der Waals surface area contributed by atoms with E-state index >= 15 is 0 Å². The molecule has 0 aliphatic carbocycles. The number of aromatic carboxylic acids is 1. The van der Waals surface area contributed by atoms with E-state index in [-0.39, 0.29) is 5.69 Å². The minimum Gasteiger partial charge on any atom is -0.494 e. The van der Waals surface area contributed by atoms with Crippen molar-refractivity contribution in [1.29, 1.82) is 0 Å². The number of pyridine rings is 1. The number of ether oxygens (including phenoxy) is 1. The van der Waals surface area contributed by atoms with Crippen LogP contribution in [-0.2, 0) is 0 Å². The highest BCUT2D eigenvalue weighted by Gasteiger charge is 2.20. The molecule has 0 spiro atoms. The average molecular weight is 389 g/mol. The Bertz CT molecular complexity index is 901. The van der Waals surface area contributed by atoms with Gasteiger partial charge in [0.25, 0.3) is 0 Å². The maximum absolute atomic E-state index is 11.8. The normalized spacial score (nSPS) is 11.0. The van der Waals surface area contributed by atoms with Gasteiger partial charge in [0.1, 0.15) is 17.1 Å². The quantitative estimate of drug-likeness (QED) is 0.695. The SMILES string of the molecule is CCCOc1ccc(-c2nc3cc(C)c(Br)cn3c2C(=O)O)cc1. The molecule has 0 unspecified atom stereocenters. The zero-order valence-corrected chi connectivity index (χ0v) is 15.0. The molecule has 1 N–H and O–H groups in total. The Morgan fingerprint density at radius 3 is 2.67 bits per heavy atom. The van der Waals surface area contributed by atoms with Gasteiger partial charge in [0, 0.05) is 16.2 Å². The van der Waals surface area contributed by atoms with E-state index in [2.05, 4.69) is 20.9 Å². The predicted molar refractivity (Wildman–Crippen MR) is 95.8 cm³/mol. The second-order valence-corrected chi connectivity index (χ2v) is 6.37. The number of hydrogen-bond acceptors (Lipinski definition) is 3. The number of halogens is 1. The molecule has 6 heteroatoms. The molecule has 0 atom stereocenters. The summed E-state index contributed by atoms with van der Waals surface area (Å²) in [6.07, 6.45) is 2.68. The molecule has 2 heterocycles. The lowest BCUT2D eigenvalue weighted by Gasteiger charge is -2.05. The molecule has 0 aliphatic heterocycles. The van der Waals surface area contributed by atoms with Gasteiger partial charge in [-0.3, -0.25) is 4.40 Å². The molecule has 0 saturated heterocycles. The molecule has 0 saturated carbocycles. The van der Waals surface area contributed by atoms with Crippen molar-refractivity contribution in [3.05, 3.63) is 52.3 Å². The highest BCUT2D eigenvalue weighted by atomic mass is 79.9. The second kappa shape index (κ2) is 6.65. The third-order valence-electron chi connectivity index (χ3n) is 3.71. The minimum atomic E-state index is -1.01. The zero-order valence-electron chi connectivity index (χ0n) is 13.4. The largest absolute Gasteiger partial charge is 0.494 e.